The Labute approximate surface area is 122 Å². The number of hydrogen-bond acceptors (Lipinski definition) is 4. The van der Waals surface area contributed by atoms with Crippen molar-refractivity contribution in [3.63, 3.8) is 0 Å². The monoisotopic (exact) mass is 277 g/mol. The average molecular weight is 277 g/mol. The van der Waals surface area contributed by atoms with Crippen molar-refractivity contribution in [1.29, 1.82) is 5.26 Å². The van der Waals surface area contributed by atoms with Gasteiger partial charge >= 0.3 is 0 Å². The Kier molecular flexibility index (Phi) is 2.99. The maximum absolute atomic E-state index is 9.05. The quantitative estimate of drug-likeness (QED) is 0.781. The van der Waals surface area contributed by atoms with Crippen molar-refractivity contribution in [2.75, 3.05) is 24.7 Å². The van der Waals surface area contributed by atoms with Gasteiger partial charge in [-0.25, -0.2) is 4.98 Å². The molecule has 1 heterocycles. The van der Waals surface area contributed by atoms with Crippen LogP contribution in [0.1, 0.15) is 5.56 Å². The van der Waals surface area contributed by atoms with Crippen molar-refractivity contribution in [3.05, 3.63) is 48.0 Å². The van der Waals surface area contributed by atoms with Crippen LogP contribution < -0.4 is 10.6 Å². The molecular formula is C16H15N5. The minimum Gasteiger partial charge on any atom is -0.378 e. The number of fused-ring (bicyclic) bond motifs is 1. The molecule has 2 N–H and O–H groups in total. The second-order valence-corrected chi connectivity index (χ2v) is 5.03. The zero-order valence-corrected chi connectivity index (χ0v) is 11.9. The third-order valence-electron chi connectivity index (χ3n) is 3.43. The fourth-order valence-electron chi connectivity index (χ4n) is 2.33. The van der Waals surface area contributed by atoms with Crippen LogP contribution in [0.2, 0.25) is 0 Å². The lowest BCUT2D eigenvalue weighted by molar-refractivity contribution is 1.09. The highest BCUT2D eigenvalue weighted by molar-refractivity contribution is 5.82. The molecule has 1 aromatic heterocycles. The van der Waals surface area contributed by atoms with Gasteiger partial charge in [-0.2, -0.15) is 5.26 Å². The highest BCUT2D eigenvalue weighted by Crippen LogP contribution is 2.25. The van der Waals surface area contributed by atoms with E-state index in [-0.39, 0.29) is 0 Å². The molecule has 0 aliphatic carbocycles. The lowest BCUT2D eigenvalue weighted by atomic mass is 10.2. The molecule has 0 saturated carbocycles. The standard InChI is InChI=1S/C16H15N5/c1-20(2)12-4-6-13(7-5-12)21-15-9-11(10-17)3-8-14(15)19-16(21)18/h3-9H,1-2H3,(H2,18,19). The average Bonchev–Trinajstić information content (AvgIpc) is 2.82. The van der Waals surface area contributed by atoms with E-state index in [1.807, 2.05) is 53.9 Å². The fraction of sp³-hybridized carbons (Fsp3) is 0.125. The summed E-state index contributed by atoms with van der Waals surface area (Å²) in [5, 5.41) is 9.05. The molecule has 5 heteroatoms. The van der Waals surface area contributed by atoms with Gasteiger partial charge in [0.05, 0.1) is 22.7 Å². The molecule has 0 bridgehead atoms. The summed E-state index contributed by atoms with van der Waals surface area (Å²) in [6.45, 7) is 0. The van der Waals surface area contributed by atoms with Crippen LogP contribution in [0, 0.1) is 11.3 Å². The maximum atomic E-state index is 9.05. The first-order chi connectivity index (χ1) is 10.1. The highest BCUT2D eigenvalue weighted by Gasteiger charge is 2.10. The van der Waals surface area contributed by atoms with Crippen LogP contribution in [0.15, 0.2) is 42.5 Å². The Balaban J connectivity index is 2.19. The summed E-state index contributed by atoms with van der Waals surface area (Å²) in [6, 6.07) is 15.5. The van der Waals surface area contributed by atoms with E-state index in [2.05, 4.69) is 11.1 Å². The Morgan fingerprint density at radius 3 is 2.48 bits per heavy atom. The van der Waals surface area contributed by atoms with Crippen molar-refractivity contribution in [2.24, 2.45) is 0 Å². The number of rotatable bonds is 2. The van der Waals surface area contributed by atoms with E-state index in [0.29, 0.717) is 11.5 Å². The number of benzene rings is 2. The molecule has 0 aliphatic rings. The summed E-state index contributed by atoms with van der Waals surface area (Å²) in [5.41, 5.74) is 10.3. The largest absolute Gasteiger partial charge is 0.378 e. The number of nitrogens with two attached hydrogens (primary N) is 1. The van der Waals surface area contributed by atoms with E-state index in [1.165, 1.54) is 0 Å². The van der Waals surface area contributed by atoms with Crippen LogP contribution >= 0.6 is 0 Å². The van der Waals surface area contributed by atoms with E-state index in [0.717, 1.165) is 22.4 Å². The molecule has 0 unspecified atom stereocenters. The van der Waals surface area contributed by atoms with Crippen LogP contribution in [-0.4, -0.2) is 23.6 Å². The van der Waals surface area contributed by atoms with Gasteiger partial charge in [-0.05, 0) is 42.5 Å². The van der Waals surface area contributed by atoms with Crippen molar-refractivity contribution < 1.29 is 0 Å². The summed E-state index contributed by atoms with van der Waals surface area (Å²) < 4.78 is 1.86. The minimum absolute atomic E-state index is 0.415. The smallest absolute Gasteiger partial charge is 0.205 e. The number of hydrogen-bond donors (Lipinski definition) is 1. The summed E-state index contributed by atoms with van der Waals surface area (Å²) in [6.07, 6.45) is 0. The zero-order valence-electron chi connectivity index (χ0n) is 11.9. The van der Waals surface area contributed by atoms with Crippen molar-refractivity contribution in [3.8, 4) is 11.8 Å². The molecule has 0 spiro atoms. The Bertz CT molecular complexity index is 837. The molecule has 0 amide bonds. The molecule has 3 aromatic rings. The first kappa shape index (κ1) is 13.0. The molecule has 21 heavy (non-hydrogen) atoms. The molecule has 5 nitrogen and oxygen atoms in total. The number of nitrogen functional groups attached to an aromatic ring is 1. The first-order valence-electron chi connectivity index (χ1n) is 6.56. The Morgan fingerprint density at radius 1 is 1.14 bits per heavy atom. The lowest BCUT2D eigenvalue weighted by Crippen LogP contribution is -2.08. The second kappa shape index (κ2) is 4.84. The second-order valence-electron chi connectivity index (χ2n) is 5.03. The van der Waals surface area contributed by atoms with E-state index in [9.17, 15) is 0 Å². The fourth-order valence-corrected chi connectivity index (χ4v) is 2.33. The van der Waals surface area contributed by atoms with Crippen LogP contribution in [0.5, 0.6) is 0 Å². The van der Waals surface area contributed by atoms with Gasteiger partial charge in [0.15, 0.2) is 0 Å². The number of aromatic nitrogens is 2. The third-order valence-corrected chi connectivity index (χ3v) is 3.43. The number of anilines is 2. The predicted octanol–water partition coefficient (Wildman–Crippen LogP) is 2.55. The normalized spacial score (nSPS) is 10.5. The molecule has 0 fully saturated rings. The summed E-state index contributed by atoms with van der Waals surface area (Å²) in [5.74, 6) is 0.415. The van der Waals surface area contributed by atoms with Gasteiger partial charge in [-0.3, -0.25) is 4.57 Å². The van der Waals surface area contributed by atoms with E-state index in [4.69, 9.17) is 11.0 Å². The van der Waals surface area contributed by atoms with Gasteiger partial charge in [0.1, 0.15) is 0 Å². The van der Waals surface area contributed by atoms with Gasteiger partial charge in [-0.15, -0.1) is 0 Å². The van der Waals surface area contributed by atoms with Crippen LogP contribution in [0.3, 0.4) is 0 Å². The van der Waals surface area contributed by atoms with E-state index >= 15 is 0 Å². The SMILES string of the molecule is CN(C)c1ccc(-n2c(N)nc3ccc(C#N)cc32)cc1. The van der Waals surface area contributed by atoms with Gasteiger partial charge < -0.3 is 10.6 Å². The topological polar surface area (TPSA) is 70.9 Å². The van der Waals surface area contributed by atoms with Crippen LogP contribution in [0.25, 0.3) is 16.7 Å². The van der Waals surface area contributed by atoms with Gasteiger partial charge in [0, 0.05) is 25.5 Å². The number of nitrogens with zero attached hydrogens (tertiary/aromatic N) is 4. The maximum Gasteiger partial charge on any atom is 0.205 e. The lowest BCUT2D eigenvalue weighted by Gasteiger charge is -2.13. The first-order valence-corrected chi connectivity index (χ1v) is 6.56. The summed E-state index contributed by atoms with van der Waals surface area (Å²) >= 11 is 0. The van der Waals surface area contributed by atoms with E-state index < -0.39 is 0 Å². The van der Waals surface area contributed by atoms with Crippen LogP contribution in [0.4, 0.5) is 11.6 Å². The predicted molar refractivity (Wildman–Crippen MR) is 84.5 cm³/mol. The molecule has 0 atom stereocenters. The molecule has 0 aliphatic heterocycles. The zero-order chi connectivity index (χ0) is 15.0. The molecule has 3 rings (SSSR count). The molecule has 104 valence electrons. The molecular weight excluding hydrogens is 262 g/mol. The number of nitriles is 1. The van der Waals surface area contributed by atoms with Gasteiger partial charge in [-0.1, -0.05) is 0 Å². The highest BCUT2D eigenvalue weighted by atomic mass is 15.2. The van der Waals surface area contributed by atoms with Crippen molar-refractivity contribution in [2.45, 2.75) is 0 Å². The Hall–Kier alpha value is -3.00. The van der Waals surface area contributed by atoms with E-state index in [1.54, 1.807) is 12.1 Å². The minimum atomic E-state index is 0.415. The summed E-state index contributed by atoms with van der Waals surface area (Å²) in [4.78, 5) is 6.38. The van der Waals surface area contributed by atoms with Crippen LogP contribution in [-0.2, 0) is 0 Å². The van der Waals surface area contributed by atoms with Crippen molar-refractivity contribution >= 4 is 22.7 Å². The van der Waals surface area contributed by atoms with Gasteiger partial charge in [0.2, 0.25) is 5.95 Å². The number of imidazole rings is 1. The summed E-state index contributed by atoms with van der Waals surface area (Å²) in [7, 11) is 3.99. The molecule has 0 radical (unpaired) electrons. The molecule has 0 saturated heterocycles. The van der Waals surface area contributed by atoms with Crippen molar-refractivity contribution in [1.82, 2.24) is 9.55 Å². The molecule has 2 aromatic carbocycles. The third kappa shape index (κ3) is 2.17. The van der Waals surface area contributed by atoms with Gasteiger partial charge in [0.25, 0.3) is 0 Å². The Morgan fingerprint density at radius 2 is 1.86 bits per heavy atom.